The number of likely N-dealkylation sites (tertiary alicyclic amines) is 1. The van der Waals surface area contributed by atoms with Crippen LogP contribution in [0.4, 0.5) is 5.69 Å². The van der Waals surface area contributed by atoms with E-state index in [0.29, 0.717) is 45.4 Å². The van der Waals surface area contributed by atoms with Crippen LogP contribution >= 0.6 is 27.7 Å². The quantitative estimate of drug-likeness (QED) is 0.177. The molecule has 3 fully saturated rings. The number of unbranched alkanes of at least 4 members (excludes halogenated alkanes) is 2. The number of carbonyl (C=O) groups is 3. The second kappa shape index (κ2) is 13.5. The molecule has 1 aromatic rings. The van der Waals surface area contributed by atoms with Crippen molar-refractivity contribution in [2.45, 2.75) is 73.7 Å². The number of thioether (sulfide) groups is 1. The van der Waals surface area contributed by atoms with Gasteiger partial charge in [0.25, 0.3) is 5.91 Å². The monoisotopic (exact) mass is 645 g/mol. The van der Waals surface area contributed by atoms with Crippen molar-refractivity contribution in [3.05, 3.63) is 54.6 Å². The Morgan fingerprint density at radius 3 is 2.44 bits per heavy atom. The third kappa shape index (κ3) is 5.66. The Hall–Kier alpha value is -2.10. The molecule has 1 spiro atoms. The van der Waals surface area contributed by atoms with Crippen LogP contribution in [0.1, 0.15) is 50.2 Å². The maximum absolute atomic E-state index is 14.8. The lowest BCUT2D eigenvalue weighted by atomic mass is 9.70. The first kappa shape index (κ1) is 31.8. The molecule has 3 saturated heterocycles. The second-order valence-corrected chi connectivity index (χ2v) is 14.2. The van der Waals surface area contributed by atoms with Crippen LogP contribution in [0.15, 0.2) is 43.5 Å². The van der Waals surface area contributed by atoms with Gasteiger partial charge in [0.2, 0.25) is 11.8 Å². The molecule has 1 N–H and O–H groups in total. The maximum Gasteiger partial charge on any atom is 0.251 e. The molecule has 3 unspecified atom stereocenters. The van der Waals surface area contributed by atoms with Gasteiger partial charge in [-0.1, -0.05) is 53.2 Å². The standard InChI is InChI=1S/C32H44BrN3O4S/c1-6-15-34(16-7-2)29(38)24-25-30(39)36(18-10-9-11-19-37)28(32(25)20-23(33)27(24)41-32)31(40)35(17-8-3)26-21(4)13-12-14-22(26)5/h6,8,12-14,23-25,27-28,37H,1,3,7,9-11,15-20H2,2,4-5H3/t23?,24-,25+,27-,28?,32?/m1/s1. The molecular formula is C32H44BrN3O4S. The van der Waals surface area contributed by atoms with Crippen molar-refractivity contribution in [1.29, 1.82) is 0 Å². The van der Waals surface area contributed by atoms with Gasteiger partial charge in [0.15, 0.2) is 0 Å². The van der Waals surface area contributed by atoms with E-state index in [0.717, 1.165) is 29.7 Å². The van der Waals surface area contributed by atoms with Gasteiger partial charge in [-0.15, -0.1) is 24.9 Å². The molecule has 224 valence electrons. The predicted octanol–water partition coefficient (Wildman–Crippen LogP) is 4.87. The molecule has 0 radical (unpaired) electrons. The van der Waals surface area contributed by atoms with Crippen LogP contribution in [0, 0.1) is 25.7 Å². The van der Waals surface area contributed by atoms with Crippen LogP contribution in [0.5, 0.6) is 0 Å². The number of rotatable bonds is 14. The van der Waals surface area contributed by atoms with Crippen molar-refractivity contribution >= 4 is 51.1 Å². The third-order valence-corrected chi connectivity index (χ3v) is 12.0. The Labute approximate surface area is 257 Å². The number of hydrogen-bond donors (Lipinski definition) is 1. The number of para-hydroxylation sites is 1. The van der Waals surface area contributed by atoms with Crippen molar-refractivity contribution in [3.8, 4) is 0 Å². The van der Waals surface area contributed by atoms with Crippen molar-refractivity contribution < 1.29 is 19.5 Å². The summed E-state index contributed by atoms with van der Waals surface area (Å²) >= 11 is 5.56. The molecule has 3 aliphatic heterocycles. The molecule has 6 atom stereocenters. The number of aliphatic hydroxyl groups is 1. The molecule has 0 aliphatic carbocycles. The number of fused-ring (bicyclic) bond motifs is 1. The summed E-state index contributed by atoms with van der Waals surface area (Å²) in [5.41, 5.74) is 2.83. The van der Waals surface area contributed by atoms with Crippen LogP contribution in [0.3, 0.4) is 0 Å². The van der Waals surface area contributed by atoms with Crippen LogP contribution in [0.2, 0.25) is 0 Å². The van der Waals surface area contributed by atoms with Crippen molar-refractivity contribution in [1.82, 2.24) is 9.80 Å². The Bertz CT molecular complexity index is 1160. The van der Waals surface area contributed by atoms with E-state index in [1.54, 1.807) is 33.7 Å². The molecule has 9 heteroatoms. The van der Waals surface area contributed by atoms with Crippen LogP contribution in [0.25, 0.3) is 0 Å². The van der Waals surface area contributed by atoms with Crippen molar-refractivity contribution in [3.63, 3.8) is 0 Å². The lowest BCUT2D eigenvalue weighted by Gasteiger charge is -2.39. The minimum Gasteiger partial charge on any atom is -0.396 e. The number of amides is 3. The molecule has 7 nitrogen and oxygen atoms in total. The molecule has 1 aromatic carbocycles. The number of benzene rings is 1. The average molecular weight is 647 g/mol. The number of aryl methyl sites for hydroxylation is 2. The van der Waals surface area contributed by atoms with Crippen LogP contribution in [-0.2, 0) is 14.4 Å². The first-order chi connectivity index (χ1) is 19.7. The fourth-order valence-electron chi connectivity index (χ4n) is 7.23. The van der Waals surface area contributed by atoms with Crippen LogP contribution < -0.4 is 4.90 Å². The van der Waals surface area contributed by atoms with E-state index in [1.165, 1.54) is 0 Å². The van der Waals surface area contributed by atoms with E-state index >= 15 is 0 Å². The fourth-order valence-corrected chi connectivity index (χ4v) is 10.8. The molecule has 3 heterocycles. The molecular weight excluding hydrogens is 602 g/mol. The molecule has 0 aromatic heterocycles. The van der Waals surface area contributed by atoms with Gasteiger partial charge in [-0.05, 0) is 57.1 Å². The zero-order valence-corrected chi connectivity index (χ0v) is 27.0. The first-order valence-corrected chi connectivity index (χ1v) is 16.6. The summed E-state index contributed by atoms with van der Waals surface area (Å²) in [5.74, 6) is -1.27. The van der Waals surface area contributed by atoms with Gasteiger partial charge in [-0.2, -0.15) is 0 Å². The Morgan fingerprint density at radius 1 is 1.15 bits per heavy atom. The minimum absolute atomic E-state index is 0.0142. The first-order valence-electron chi connectivity index (χ1n) is 14.8. The van der Waals surface area contributed by atoms with Gasteiger partial charge >= 0.3 is 0 Å². The normalized spacial score (nSPS) is 28.1. The van der Waals surface area contributed by atoms with Crippen molar-refractivity contribution in [2.75, 3.05) is 37.7 Å². The lowest BCUT2D eigenvalue weighted by molar-refractivity contribution is -0.143. The lowest BCUT2D eigenvalue weighted by Crippen LogP contribution is -2.56. The van der Waals surface area contributed by atoms with Crippen LogP contribution in [-0.4, -0.2) is 86.3 Å². The van der Waals surface area contributed by atoms with Gasteiger partial charge in [0.1, 0.15) is 6.04 Å². The Morgan fingerprint density at radius 2 is 1.83 bits per heavy atom. The summed E-state index contributed by atoms with van der Waals surface area (Å²) in [4.78, 5) is 48.8. The predicted molar refractivity (Wildman–Crippen MR) is 170 cm³/mol. The van der Waals surface area contributed by atoms with E-state index in [1.807, 2.05) is 43.9 Å². The number of halogens is 1. The number of alkyl halides is 1. The number of carbonyl (C=O) groups excluding carboxylic acids is 3. The summed E-state index contributed by atoms with van der Waals surface area (Å²) in [6.07, 6.45) is 7.03. The summed E-state index contributed by atoms with van der Waals surface area (Å²) in [6, 6.07) is 5.29. The number of anilines is 1. The van der Waals surface area contributed by atoms with E-state index in [4.69, 9.17) is 0 Å². The van der Waals surface area contributed by atoms with E-state index in [2.05, 4.69) is 29.1 Å². The number of aliphatic hydroxyl groups excluding tert-OH is 1. The highest BCUT2D eigenvalue weighted by atomic mass is 79.9. The highest BCUT2D eigenvalue weighted by Gasteiger charge is 2.76. The molecule has 0 saturated carbocycles. The minimum atomic E-state index is -0.702. The smallest absolute Gasteiger partial charge is 0.251 e. The Balaban J connectivity index is 1.80. The molecule has 3 amide bonds. The molecule has 2 bridgehead atoms. The Kier molecular flexibility index (Phi) is 10.5. The van der Waals surface area contributed by atoms with Gasteiger partial charge < -0.3 is 19.8 Å². The van der Waals surface area contributed by atoms with E-state index in [-0.39, 0.29) is 34.4 Å². The summed E-state index contributed by atoms with van der Waals surface area (Å²) < 4.78 is -0.702. The fraction of sp³-hybridized carbons (Fsp3) is 0.594. The number of nitrogens with zero attached hydrogens (tertiary/aromatic N) is 3. The highest BCUT2D eigenvalue weighted by molar-refractivity contribution is 9.09. The van der Waals surface area contributed by atoms with Gasteiger partial charge in [0.05, 0.1) is 16.6 Å². The van der Waals surface area contributed by atoms with E-state index < -0.39 is 22.6 Å². The largest absolute Gasteiger partial charge is 0.396 e. The van der Waals surface area contributed by atoms with Gasteiger partial charge in [-0.3, -0.25) is 14.4 Å². The zero-order chi connectivity index (χ0) is 29.9. The average Bonchev–Trinajstić information content (AvgIpc) is 3.53. The summed E-state index contributed by atoms with van der Waals surface area (Å²) in [7, 11) is 0. The molecule has 41 heavy (non-hydrogen) atoms. The highest BCUT2D eigenvalue weighted by Crippen LogP contribution is 2.68. The summed E-state index contributed by atoms with van der Waals surface area (Å²) in [6.45, 7) is 15.7. The molecule has 4 rings (SSSR count). The second-order valence-electron chi connectivity index (χ2n) is 11.5. The molecule has 3 aliphatic rings. The van der Waals surface area contributed by atoms with Gasteiger partial charge in [-0.25, -0.2) is 0 Å². The maximum atomic E-state index is 14.8. The van der Waals surface area contributed by atoms with Gasteiger partial charge in [0, 0.05) is 48.6 Å². The van der Waals surface area contributed by atoms with Crippen molar-refractivity contribution in [2.24, 2.45) is 11.8 Å². The zero-order valence-electron chi connectivity index (χ0n) is 24.6. The topological polar surface area (TPSA) is 81.2 Å². The SMILES string of the molecule is C=CCN(CCC)C(=O)[C@H]1[C@@H]2SC3(CC2Br)C(C(=O)N(CC=C)c2c(C)cccc2C)N(CCCCCO)C(=O)[C@H]13. The van der Waals surface area contributed by atoms with E-state index in [9.17, 15) is 19.5 Å². The third-order valence-electron chi connectivity index (χ3n) is 8.81. The number of hydrogen-bond acceptors (Lipinski definition) is 5. The summed E-state index contributed by atoms with van der Waals surface area (Å²) in [5, 5.41) is 9.25.